The number of urea groups is 1. The number of amides is 2. The number of hydrogen-bond acceptors (Lipinski definition) is 4. The molecule has 1 aromatic heterocycles. The third-order valence-electron chi connectivity index (χ3n) is 3.49. The summed E-state index contributed by atoms with van der Waals surface area (Å²) in [4.78, 5) is 19.0. The molecule has 2 amide bonds. The first-order valence-corrected chi connectivity index (χ1v) is 7.77. The molecule has 0 spiro atoms. The fraction of sp³-hybridized carbons (Fsp3) is 0.333. The monoisotopic (exact) mass is 302 g/mol. The molecular weight excluding hydrogens is 284 g/mol. The van der Waals surface area contributed by atoms with E-state index in [-0.39, 0.29) is 6.03 Å². The second-order valence-corrected chi connectivity index (χ2v) is 6.31. The Balaban J connectivity index is 1.64. The number of carbonyl (C=O) groups excluding carboxylic acids is 1. The molecule has 2 aromatic rings. The zero-order valence-corrected chi connectivity index (χ0v) is 13.0. The number of hydrogen-bond donors (Lipinski definition) is 2. The quantitative estimate of drug-likeness (QED) is 0.913. The lowest BCUT2D eigenvalue weighted by molar-refractivity contribution is 0.252. The Morgan fingerprint density at radius 3 is 2.67 bits per heavy atom. The Bertz CT molecular complexity index is 650. The number of thiazole rings is 1. The summed E-state index contributed by atoms with van der Waals surface area (Å²) in [6, 6.07) is 7.93. The van der Waals surface area contributed by atoms with E-state index in [1.165, 1.54) is 4.88 Å². The molecule has 0 atom stereocenters. The molecule has 0 aliphatic carbocycles. The highest BCUT2D eigenvalue weighted by Gasteiger charge is 2.20. The minimum absolute atomic E-state index is 0.0218. The van der Waals surface area contributed by atoms with Crippen molar-refractivity contribution in [1.29, 1.82) is 0 Å². The van der Waals surface area contributed by atoms with Crippen LogP contribution in [-0.4, -0.2) is 24.1 Å². The van der Waals surface area contributed by atoms with Crippen molar-refractivity contribution < 1.29 is 4.79 Å². The summed E-state index contributed by atoms with van der Waals surface area (Å²) < 4.78 is 0. The maximum absolute atomic E-state index is 11.6. The van der Waals surface area contributed by atoms with Crippen LogP contribution >= 0.6 is 11.3 Å². The zero-order chi connectivity index (χ0) is 14.8. The van der Waals surface area contributed by atoms with Crippen LogP contribution in [0.4, 0.5) is 16.2 Å². The van der Waals surface area contributed by atoms with Crippen LogP contribution in [0.1, 0.15) is 15.6 Å². The molecule has 2 heterocycles. The van der Waals surface area contributed by atoms with Crippen molar-refractivity contribution in [2.75, 3.05) is 23.3 Å². The van der Waals surface area contributed by atoms with Gasteiger partial charge in [-0.3, -0.25) is 4.90 Å². The molecule has 0 bridgehead atoms. The van der Waals surface area contributed by atoms with Gasteiger partial charge in [0.15, 0.2) is 0 Å². The molecule has 1 saturated heterocycles. The van der Waals surface area contributed by atoms with Gasteiger partial charge in [0.25, 0.3) is 0 Å². The summed E-state index contributed by atoms with van der Waals surface area (Å²) in [6.45, 7) is 6.28. The van der Waals surface area contributed by atoms with E-state index in [1.807, 2.05) is 38.1 Å². The van der Waals surface area contributed by atoms with Gasteiger partial charge in [0.05, 0.1) is 17.2 Å². The number of benzene rings is 1. The van der Waals surface area contributed by atoms with E-state index >= 15 is 0 Å². The summed E-state index contributed by atoms with van der Waals surface area (Å²) in [5.74, 6) is 0. The van der Waals surface area contributed by atoms with Gasteiger partial charge in [-0.25, -0.2) is 9.78 Å². The first kappa shape index (κ1) is 13.9. The summed E-state index contributed by atoms with van der Waals surface area (Å²) in [5, 5.41) is 7.30. The lowest BCUT2D eigenvalue weighted by atomic mass is 10.2. The maximum atomic E-state index is 11.6. The van der Waals surface area contributed by atoms with E-state index in [2.05, 4.69) is 15.6 Å². The number of aryl methyl sites for hydroxylation is 2. The molecule has 3 rings (SSSR count). The number of nitrogens with one attached hydrogen (secondary N) is 2. The highest BCUT2D eigenvalue weighted by molar-refractivity contribution is 7.11. The predicted molar refractivity (Wildman–Crippen MR) is 86.1 cm³/mol. The van der Waals surface area contributed by atoms with Crippen molar-refractivity contribution in [2.24, 2.45) is 0 Å². The highest BCUT2D eigenvalue weighted by Crippen LogP contribution is 2.22. The van der Waals surface area contributed by atoms with Crippen LogP contribution in [0.5, 0.6) is 0 Å². The molecule has 110 valence electrons. The van der Waals surface area contributed by atoms with Crippen molar-refractivity contribution in [3.8, 4) is 0 Å². The summed E-state index contributed by atoms with van der Waals surface area (Å²) in [7, 11) is 0. The minimum Gasteiger partial charge on any atom is -0.380 e. The summed E-state index contributed by atoms with van der Waals surface area (Å²) in [6.07, 6.45) is 0. The second-order valence-electron chi connectivity index (χ2n) is 5.03. The van der Waals surface area contributed by atoms with Crippen molar-refractivity contribution in [3.05, 3.63) is 39.8 Å². The molecule has 2 N–H and O–H groups in total. The highest BCUT2D eigenvalue weighted by atomic mass is 32.1. The van der Waals surface area contributed by atoms with E-state index in [1.54, 1.807) is 16.2 Å². The average Bonchev–Trinajstić information content (AvgIpc) is 3.03. The Labute approximate surface area is 128 Å². The van der Waals surface area contributed by atoms with Gasteiger partial charge in [0, 0.05) is 29.3 Å². The standard InChI is InChI=1S/C15H18N4OS/c1-10-14(21-11(2)18-10)9-17-12-3-5-13(6-4-12)19-8-7-16-15(19)20/h3-6,17H,7-9H2,1-2H3,(H,16,20). The molecule has 1 aliphatic rings. The first-order valence-electron chi connectivity index (χ1n) is 6.96. The molecule has 6 heteroatoms. The van der Waals surface area contributed by atoms with Crippen molar-refractivity contribution >= 4 is 28.7 Å². The van der Waals surface area contributed by atoms with Crippen LogP contribution in [0.15, 0.2) is 24.3 Å². The zero-order valence-electron chi connectivity index (χ0n) is 12.1. The van der Waals surface area contributed by atoms with E-state index in [0.29, 0.717) is 6.54 Å². The Kier molecular flexibility index (Phi) is 3.79. The number of aromatic nitrogens is 1. The van der Waals surface area contributed by atoms with Gasteiger partial charge in [-0.05, 0) is 38.1 Å². The average molecular weight is 302 g/mol. The molecule has 1 aliphatic heterocycles. The van der Waals surface area contributed by atoms with E-state index < -0.39 is 0 Å². The van der Waals surface area contributed by atoms with Gasteiger partial charge < -0.3 is 10.6 Å². The van der Waals surface area contributed by atoms with E-state index in [4.69, 9.17) is 0 Å². The fourth-order valence-corrected chi connectivity index (χ4v) is 3.27. The predicted octanol–water partition coefficient (Wildman–Crippen LogP) is 2.90. The smallest absolute Gasteiger partial charge is 0.321 e. The van der Waals surface area contributed by atoms with Crippen LogP contribution in [-0.2, 0) is 6.54 Å². The van der Waals surface area contributed by atoms with Crippen LogP contribution in [0, 0.1) is 13.8 Å². The van der Waals surface area contributed by atoms with Gasteiger partial charge in [-0.2, -0.15) is 0 Å². The molecular formula is C15H18N4OS. The van der Waals surface area contributed by atoms with Crippen LogP contribution in [0.3, 0.4) is 0 Å². The number of nitrogens with zero attached hydrogens (tertiary/aromatic N) is 2. The van der Waals surface area contributed by atoms with Gasteiger partial charge in [-0.15, -0.1) is 11.3 Å². The Morgan fingerprint density at radius 2 is 2.10 bits per heavy atom. The fourth-order valence-electron chi connectivity index (χ4n) is 2.40. The normalized spacial score (nSPS) is 14.4. The van der Waals surface area contributed by atoms with Gasteiger partial charge in [0.2, 0.25) is 0 Å². The topological polar surface area (TPSA) is 57.3 Å². The Hall–Kier alpha value is -2.08. The SMILES string of the molecule is Cc1nc(C)c(CNc2ccc(N3CCNC3=O)cc2)s1. The molecule has 0 unspecified atom stereocenters. The minimum atomic E-state index is -0.0218. The van der Waals surface area contributed by atoms with Gasteiger partial charge >= 0.3 is 6.03 Å². The molecule has 1 aromatic carbocycles. The maximum Gasteiger partial charge on any atom is 0.321 e. The molecule has 5 nitrogen and oxygen atoms in total. The molecule has 21 heavy (non-hydrogen) atoms. The molecule has 0 saturated carbocycles. The van der Waals surface area contributed by atoms with Crippen molar-refractivity contribution in [3.63, 3.8) is 0 Å². The number of carbonyl (C=O) groups is 1. The summed E-state index contributed by atoms with van der Waals surface area (Å²) >= 11 is 1.72. The van der Waals surface area contributed by atoms with Crippen molar-refractivity contribution in [1.82, 2.24) is 10.3 Å². The van der Waals surface area contributed by atoms with Crippen LogP contribution in [0.2, 0.25) is 0 Å². The largest absolute Gasteiger partial charge is 0.380 e. The third kappa shape index (κ3) is 3.00. The van der Waals surface area contributed by atoms with Gasteiger partial charge in [-0.1, -0.05) is 0 Å². The Morgan fingerprint density at radius 1 is 1.33 bits per heavy atom. The van der Waals surface area contributed by atoms with Gasteiger partial charge in [0.1, 0.15) is 0 Å². The lowest BCUT2D eigenvalue weighted by Crippen LogP contribution is -2.27. The van der Waals surface area contributed by atoms with Crippen molar-refractivity contribution in [2.45, 2.75) is 20.4 Å². The third-order valence-corrected chi connectivity index (χ3v) is 4.56. The van der Waals surface area contributed by atoms with Crippen LogP contribution < -0.4 is 15.5 Å². The summed E-state index contributed by atoms with van der Waals surface area (Å²) in [5.41, 5.74) is 3.07. The van der Waals surface area contributed by atoms with Crippen LogP contribution in [0.25, 0.3) is 0 Å². The van der Waals surface area contributed by atoms with E-state index in [9.17, 15) is 4.79 Å². The molecule has 0 radical (unpaired) electrons. The number of anilines is 2. The number of rotatable bonds is 4. The first-order chi connectivity index (χ1) is 10.1. The second kappa shape index (κ2) is 5.73. The lowest BCUT2D eigenvalue weighted by Gasteiger charge is -2.14. The molecule has 1 fully saturated rings. The van der Waals surface area contributed by atoms with E-state index in [0.717, 1.165) is 35.2 Å².